The molecule has 1 heterocycles. The van der Waals surface area contributed by atoms with Crippen molar-refractivity contribution in [3.8, 4) is 0 Å². The van der Waals surface area contributed by atoms with Gasteiger partial charge in [-0.25, -0.2) is 9.97 Å². The third-order valence-electron chi connectivity index (χ3n) is 3.33. The van der Waals surface area contributed by atoms with Crippen LogP contribution in [-0.4, -0.2) is 15.9 Å². The molecule has 1 amide bonds. The predicted molar refractivity (Wildman–Crippen MR) is 81.5 cm³/mol. The lowest BCUT2D eigenvalue weighted by Crippen LogP contribution is -2.24. The highest BCUT2D eigenvalue weighted by molar-refractivity contribution is 5.86. The van der Waals surface area contributed by atoms with Gasteiger partial charge in [0.05, 0.1) is 6.42 Å². The van der Waals surface area contributed by atoms with E-state index in [4.69, 9.17) is 0 Å². The number of fused-ring (bicyclic) bond motifs is 1. The first-order chi connectivity index (χ1) is 10.3. The molecule has 4 heteroatoms. The average molecular weight is 277 g/mol. The zero-order valence-corrected chi connectivity index (χ0v) is 11.5. The second-order valence-corrected chi connectivity index (χ2v) is 4.84. The van der Waals surface area contributed by atoms with Crippen molar-refractivity contribution in [2.45, 2.75) is 13.0 Å². The summed E-state index contributed by atoms with van der Waals surface area (Å²) in [6, 6.07) is 14.3. The zero-order valence-electron chi connectivity index (χ0n) is 11.5. The van der Waals surface area contributed by atoms with Gasteiger partial charge < -0.3 is 5.32 Å². The van der Waals surface area contributed by atoms with Crippen LogP contribution in [0.3, 0.4) is 0 Å². The minimum Gasteiger partial charge on any atom is -0.352 e. The molecule has 0 unspecified atom stereocenters. The van der Waals surface area contributed by atoms with E-state index in [1.54, 1.807) is 12.4 Å². The third kappa shape index (κ3) is 3.23. The van der Waals surface area contributed by atoms with Gasteiger partial charge in [0.1, 0.15) is 6.33 Å². The Bertz CT molecular complexity index is 751. The number of carbonyl (C=O) groups excluding carboxylic acids is 1. The number of hydrogen-bond donors (Lipinski definition) is 1. The molecule has 0 spiro atoms. The predicted octanol–water partition coefficient (Wildman–Crippen LogP) is 2.49. The second kappa shape index (κ2) is 6.13. The Hall–Kier alpha value is -2.75. The summed E-state index contributed by atoms with van der Waals surface area (Å²) >= 11 is 0. The molecule has 21 heavy (non-hydrogen) atoms. The third-order valence-corrected chi connectivity index (χ3v) is 3.33. The molecular formula is C17H15N3O. The number of hydrogen-bond acceptors (Lipinski definition) is 3. The average Bonchev–Trinajstić information content (AvgIpc) is 2.54. The van der Waals surface area contributed by atoms with Gasteiger partial charge in [-0.05, 0) is 21.9 Å². The van der Waals surface area contributed by atoms with Crippen molar-refractivity contribution in [1.29, 1.82) is 0 Å². The summed E-state index contributed by atoms with van der Waals surface area (Å²) in [6.45, 7) is 0.522. The summed E-state index contributed by atoms with van der Waals surface area (Å²) in [5.41, 5.74) is 1.93. The largest absolute Gasteiger partial charge is 0.352 e. The molecule has 0 saturated heterocycles. The summed E-state index contributed by atoms with van der Waals surface area (Å²) in [5, 5.41) is 5.30. The van der Waals surface area contributed by atoms with Gasteiger partial charge in [0.25, 0.3) is 0 Å². The van der Waals surface area contributed by atoms with Crippen LogP contribution in [0.15, 0.2) is 61.2 Å². The fourth-order valence-corrected chi connectivity index (χ4v) is 2.31. The molecule has 0 bridgehead atoms. The van der Waals surface area contributed by atoms with Gasteiger partial charge in [0.2, 0.25) is 5.91 Å². The van der Waals surface area contributed by atoms with Gasteiger partial charge in [-0.15, -0.1) is 0 Å². The lowest BCUT2D eigenvalue weighted by atomic mass is 10.0. The minimum atomic E-state index is -0.0299. The number of nitrogens with one attached hydrogen (secondary N) is 1. The fourth-order valence-electron chi connectivity index (χ4n) is 2.31. The molecule has 0 fully saturated rings. The van der Waals surface area contributed by atoms with Crippen molar-refractivity contribution in [3.05, 3.63) is 72.3 Å². The van der Waals surface area contributed by atoms with E-state index in [1.165, 1.54) is 17.1 Å². The minimum absolute atomic E-state index is 0.0299. The molecule has 0 aliphatic rings. The van der Waals surface area contributed by atoms with E-state index in [-0.39, 0.29) is 5.91 Å². The fraction of sp³-hybridized carbons (Fsp3) is 0.118. The zero-order chi connectivity index (χ0) is 14.5. The van der Waals surface area contributed by atoms with Crippen LogP contribution in [0.5, 0.6) is 0 Å². The Balaban J connectivity index is 1.68. The summed E-state index contributed by atoms with van der Waals surface area (Å²) in [5.74, 6) is -0.0299. The first kappa shape index (κ1) is 13.2. The molecule has 2 aromatic carbocycles. The lowest BCUT2D eigenvalue weighted by Gasteiger charge is -2.08. The maximum atomic E-state index is 12.0. The summed E-state index contributed by atoms with van der Waals surface area (Å²) in [7, 11) is 0. The van der Waals surface area contributed by atoms with Gasteiger partial charge in [-0.2, -0.15) is 0 Å². The van der Waals surface area contributed by atoms with Crippen molar-refractivity contribution in [3.63, 3.8) is 0 Å². The van der Waals surface area contributed by atoms with Crippen LogP contribution >= 0.6 is 0 Å². The molecule has 0 aliphatic heterocycles. The summed E-state index contributed by atoms with van der Waals surface area (Å²) in [6.07, 6.45) is 5.07. The molecule has 0 radical (unpaired) electrons. The van der Waals surface area contributed by atoms with E-state index in [1.807, 2.05) is 24.3 Å². The van der Waals surface area contributed by atoms with Gasteiger partial charge in [-0.1, -0.05) is 42.5 Å². The molecule has 3 rings (SSSR count). The monoisotopic (exact) mass is 277 g/mol. The SMILES string of the molecule is O=C(Cc1cncnc1)NCc1cccc2ccccc12. The molecule has 3 aromatic rings. The van der Waals surface area contributed by atoms with Crippen LogP contribution in [0.2, 0.25) is 0 Å². The Morgan fingerprint density at radius 3 is 2.62 bits per heavy atom. The number of nitrogens with zero attached hydrogens (tertiary/aromatic N) is 2. The first-order valence-electron chi connectivity index (χ1n) is 6.80. The Morgan fingerprint density at radius 1 is 1.00 bits per heavy atom. The van der Waals surface area contributed by atoms with Gasteiger partial charge in [0, 0.05) is 18.9 Å². The van der Waals surface area contributed by atoms with E-state index in [2.05, 4.69) is 33.5 Å². The maximum absolute atomic E-state index is 12.0. The highest BCUT2D eigenvalue weighted by atomic mass is 16.1. The molecule has 1 aromatic heterocycles. The van der Waals surface area contributed by atoms with Crippen LogP contribution in [-0.2, 0) is 17.8 Å². The van der Waals surface area contributed by atoms with E-state index < -0.39 is 0 Å². The first-order valence-corrected chi connectivity index (χ1v) is 6.80. The Kier molecular flexibility index (Phi) is 3.87. The molecule has 4 nitrogen and oxygen atoms in total. The van der Waals surface area contributed by atoms with E-state index in [9.17, 15) is 4.79 Å². The summed E-state index contributed by atoms with van der Waals surface area (Å²) in [4.78, 5) is 19.8. The van der Waals surface area contributed by atoms with Crippen LogP contribution < -0.4 is 5.32 Å². The molecular weight excluding hydrogens is 262 g/mol. The highest BCUT2D eigenvalue weighted by Crippen LogP contribution is 2.18. The van der Waals surface area contributed by atoms with Crippen molar-refractivity contribution >= 4 is 16.7 Å². The Labute approximate surface area is 122 Å². The van der Waals surface area contributed by atoms with E-state index in [0.717, 1.165) is 11.1 Å². The van der Waals surface area contributed by atoms with Gasteiger partial charge >= 0.3 is 0 Å². The van der Waals surface area contributed by atoms with Crippen LogP contribution in [0, 0.1) is 0 Å². The van der Waals surface area contributed by atoms with Gasteiger partial charge in [-0.3, -0.25) is 4.79 Å². The molecule has 0 saturated carbocycles. The highest BCUT2D eigenvalue weighted by Gasteiger charge is 2.05. The van der Waals surface area contributed by atoms with Crippen molar-refractivity contribution in [1.82, 2.24) is 15.3 Å². The van der Waals surface area contributed by atoms with Crippen LogP contribution in [0.1, 0.15) is 11.1 Å². The normalized spacial score (nSPS) is 10.5. The summed E-state index contributed by atoms with van der Waals surface area (Å²) < 4.78 is 0. The van der Waals surface area contributed by atoms with Crippen molar-refractivity contribution in [2.24, 2.45) is 0 Å². The lowest BCUT2D eigenvalue weighted by molar-refractivity contribution is -0.120. The number of aromatic nitrogens is 2. The number of amides is 1. The Morgan fingerprint density at radius 2 is 1.76 bits per heavy atom. The number of carbonyl (C=O) groups is 1. The van der Waals surface area contributed by atoms with Gasteiger partial charge in [0.15, 0.2) is 0 Å². The van der Waals surface area contributed by atoms with Crippen LogP contribution in [0.25, 0.3) is 10.8 Å². The smallest absolute Gasteiger partial charge is 0.224 e. The van der Waals surface area contributed by atoms with Crippen molar-refractivity contribution < 1.29 is 4.79 Å². The van der Waals surface area contributed by atoms with E-state index in [0.29, 0.717) is 13.0 Å². The number of benzene rings is 2. The molecule has 0 atom stereocenters. The van der Waals surface area contributed by atoms with Crippen LogP contribution in [0.4, 0.5) is 0 Å². The topological polar surface area (TPSA) is 54.9 Å². The van der Waals surface area contributed by atoms with E-state index >= 15 is 0 Å². The quantitative estimate of drug-likeness (QED) is 0.797. The number of rotatable bonds is 4. The van der Waals surface area contributed by atoms with Crippen molar-refractivity contribution in [2.75, 3.05) is 0 Å². The molecule has 1 N–H and O–H groups in total. The second-order valence-electron chi connectivity index (χ2n) is 4.84. The molecule has 0 aliphatic carbocycles. The standard InChI is InChI=1S/C17H15N3O/c21-17(8-13-9-18-12-19-10-13)20-11-15-6-3-5-14-4-1-2-7-16(14)15/h1-7,9-10,12H,8,11H2,(H,20,21). The maximum Gasteiger partial charge on any atom is 0.224 e. The molecule has 104 valence electrons.